The molecule has 0 fully saturated rings. The van der Waals surface area contributed by atoms with Gasteiger partial charge in [-0.2, -0.15) is 0 Å². The molecule has 0 atom stereocenters. The fourth-order valence-corrected chi connectivity index (χ4v) is 2.81. The van der Waals surface area contributed by atoms with E-state index in [1.807, 2.05) is 54.6 Å². The van der Waals surface area contributed by atoms with E-state index in [9.17, 15) is 4.79 Å². The molecule has 0 saturated heterocycles. The molecule has 0 saturated carbocycles. The number of amides is 1. The van der Waals surface area contributed by atoms with Crippen molar-refractivity contribution in [2.24, 2.45) is 0 Å². The molecule has 0 aliphatic rings. The number of hydrogen-bond acceptors (Lipinski definition) is 4. The average molecular weight is 390 g/mol. The van der Waals surface area contributed by atoms with E-state index in [1.165, 1.54) is 5.56 Å². The predicted molar refractivity (Wildman–Crippen MR) is 114 cm³/mol. The van der Waals surface area contributed by atoms with Gasteiger partial charge in [0.25, 0.3) is 0 Å². The molecule has 0 aliphatic carbocycles. The first-order valence-corrected chi connectivity index (χ1v) is 9.83. The molecule has 0 aliphatic heterocycles. The minimum atomic E-state index is -0.0268. The van der Waals surface area contributed by atoms with Gasteiger partial charge < -0.3 is 14.8 Å². The largest absolute Gasteiger partial charge is 0.489 e. The van der Waals surface area contributed by atoms with Crippen LogP contribution in [0, 0.1) is 0 Å². The molecule has 0 radical (unpaired) electrons. The van der Waals surface area contributed by atoms with Crippen LogP contribution in [0.4, 0.5) is 5.69 Å². The Bertz CT molecular complexity index is 870. The molecule has 3 rings (SSSR count). The summed E-state index contributed by atoms with van der Waals surface area (Å²) in [7, 11) is 0. The monoisotopic (exact) mass is 390 g/mol. The smallest absolute Gasteiger partial charge is 0.224 e. The number of hydrogen-bond donors (Lipinski definition) is 1. The van der Waals surface area contributed by atoms with Crippen molar-refractivity contribution in [3.05, 3.63) is 90.3 Å². The minimum absolute atomic E-state index is 0.0268. The van der Waals surface area contributed by atoms with Gasteiger partial charge in [-0.1, -0.05) is 42.5 Å². The van der Waals surface area contributed by atoms with Gasteiger partial charge >= 0.3 is 0 Å². The van der Waals surface area contributed by atoms with E-state index in [-0.39, 0.29) is 5.91 Å². The molecule has 0 unspecified atom stereocenters. The number of ether oxygens (including phenoxy) is 2. The van der Waals surface area contributed by atoms with Crippen molar-refractivity contribution < 1.29 is 14.3 Å². The number of carbonyl (C=O) groups excluding carboxylic acids is 1. The van der Waals surface area contributed by atoms with E-state index in [0.29, 0.717) is 38.4 Å². The third-order valence-corrected chi connectivity index (χ3v) is 4.32. The normalized spacial score (nSPS) is 10.5. The fraction of sp³-hybridized carbons (Fsp3) is 0.250. The lowest BCUT2D eigenvalue weighted by molar-refractivity contribution is -0.116. The highest BCUT2D eigenvalue weighted by molar-refractivity contribution is 5.90. The number of pyridine rings is 1. The Morgan fingerprint density at radius 3 is 2.62 bits per heavy atom. The summed E-state index contributed by atoms with van der Waals surface area (Å²) in [5.74, 6) is 0.678. The molecule has 1 aromatic heterocycles. The molecule has 0 bridgehead atoms. The van der Waals surface area contributed by atoms with Crippen molar-refractivity contribution >= 4 is 11.6 Å². The van der Waals surface area contributed by atoms with Gasteiger partial charge in [-0.15, -0.1) is 0 Å². The van der Waals surface area contributed by atoms with Crippen LogP contribution in [0.15, 0.2) is 79.1 Å². The number of benzene rings is 2. The van der Waals surface area contributed by atoms with E-state index < -0.39 is 0 Å². The first-order valence-electron chi connectivity index (χ1n) is 9.83. The maximum atomic E-state index is 12.1. The topological polar surface area (TPSA) is 60.5 Å². The van der Waals surface area contributed by atoms with Crippen LogP contribution < -0.4 is 10.1 Å². The molecule has 5 nitrogen and oxygen atoms in total. The predicted octanol–water partition coefficient (Wildman–Crippen LogP) is 4.64. The molecule has 150 valence electrons. The van der Waals surface area contributed by atoms with E-state index in [4.69, 9.17) is 9.47 Å². The first-order chi connectivity index (χ1) is 14.3. The highest BCUT2D eigenvalue weighted by Gasteiger charge is 2.04. The summed E-state index contributed by atoms with van der Waals surface area (Å²) >= 11 is 0. The Morgan fingerprint density at radius 1 is 0.931 bits per heavy atom. The number of anilines is 1. The van der Waals surface area contributed by atoms with Crippen LogP contribution in [0.3, 0.4) is 0 Å². The Kier molecular flexibility index (Phi) is 8.23. The van der Waals surface area contributed by atoms with Gasteiger partial charge in [-0.05, 0) is 36.6 Å². The van der Waals surface area contributed by atoms with Crippen LogP contribution in [-0.4, -0.2) is 24.1 Å². The number of carbonyl (C=O) groups is 1. The maximum absolute atomic E-state index is 12.1. The standard InChI is InChI=1S/C24H26N2O3/c27-24(12-6-15-28-16-13-20-7-2-1-3-8-20)26-22-10-4-11-23(17-22)29-19-21-9-5-14-25-18-21/h1-5,7-11,14,17-18H,6,12-13,15-16,19H2,(H,26,27). The summed E-state index contributed by atoms with van der Waals surface area (Å²) in [5, 5.41) is 2.91. The van der Waals surface area contributed by atoms with Crippen LogP contribution in [0.2, 0.25) is 0 Å². The lowest BCUT2D eigenvalue weighted by Crippen LogP contribution is -2.12. The lowest BCUT2D eigenvalue weighted by Gasteiger charge is -2.09. The van der Waals surface area contributed by atoms with Crippen LogP contribution in [0.1, 0.15) is 24.0 Å². The zero-order chi connectivity index (χ0) is 20.2. The van der Waals surface area contributed by atoms with E-state index in [1.54, 1.807) is 12.4 Å². The van der Waals surface area contributed by atoms with Crippen molar-refractivity contribution in [3.8, 4) is 5.75 Å². The summed E-state index contributed by atoms with van der Waals surface area (Å²) in [5.41, 5.74) is 2.98. The quantitative estimate of drug-likeness (QED) is 0.485. The Hall–Kier alpha value is -3.18. The van der Waals surface area contributed by atoms with Crippen LogP contribution in [-0.2, 0) is 22.6 Å². The third-order valence-electron chi connectivity index (χ3n) is 4.32. The SMILES string of the molecule is O=C(CCCOCCc1ccccc1)Nc1cccc(OCc2cccnc2)c1. The van der Waals surface area contributed by atoms with Gasteiger partial charge in [0.15, 0.2) is 0 Å². The molecule has 1 heterocycles. The zero-order valence-electron chi connectivity index (χ0n) is 16.4. The Labute approximate surface area is 171 Å². The van der Waals surface area contributed by atoms with E-state index in [0.717, 1.165) is 17.7 Å². The van der Waals surface area contributed by atoms with Gasteiger partial charge in [0, 0.05) is 42.7 Å². The number of aromatic nitrogens is 1. The van der Waals surface area contributed by atoms with Crippen molar-refractivity contribution in [2.45, 2.75) is 25.9 Å². The van der Waals surface area contributed by atoms with Gasteiger partial charge in [-0.3, -0.25) is 9.78 Å². The summed E-state index contributed by atoms with van der Waals surface area (Å²) in [6, 6.07) is 21.5. The van der Waals surface area contributed by atoms with Gasteiger partial charge in [-0.25, -0.2) is 0 Å². The molecule has 1 amide bonds. The molecule has 1 N–H and O–H groups in total. The Morgan fingerprint density at radius 2 is 1.79 bits per heavy atom. The van der Waals surface area contributed by atoms with Gasteiger partial charge in [0.2, 0.25) is 5.91 Å². The second kappa shape index (κ2) is 11.6. The third kappa shape index (κ3) is 7.76. The molecule has 29 heavy (non-hydrogen) atoms. The van der Waals surface area contributed by atoms with E-state index >= 15 is 0 Å². The number of nitrogens with one attached hydrogen (secondary N) is 1. The maximum Gasteiger partial charge on any atom is 0.224 e. The van der Waals surface area contributed by atoms with Crippen LogP contribution in [0.25, 0.3) is 0 Å². The van der Waals surface area contributed by atoms with E-state index in [2.05, 4.69) is 22.4 Å². The minimum Gasteiger partial charge on any atom is -0.489 e. The van der Waals surface area contributed by atoms with Crippen molar-refractivity contribution in [3.63, 3.8) is 0 Å². The molecule has 5 heteroatoms. The fourth-order valence-electron chi connectivity index (χ4n) is 2.81. The second-order valence-electron chi connectivity index (χ2n) is 6.68. The molecule has 2 aromatic carbocycles. The number of rotatable bonds is 11. The van der Waals surface area contributed by atoms with Crippen molar-refractivity contribution in [1.29, 1.82) is 0 Å². The lowest BCUT2D eigenvalue weighted by atomic mass is 10.2. The summed E-state index contributed by atoms with van der Waals surface area (Å²) < 4.78 is 11.4. The van der Waals surface area contributed by atoms with Crippen molar-refractivity contribution in [1.82, 2.24) is 4.98 Å². The summed E-state index contributed by atoms with van der Waals surface area (Å²) in [4.78, 5) is 16.2. The van der Waals surface area contributed by atoms with Gasteiger partial charge in [0.1, 0.15) is 12.4 Å². The second-order valence-corrected chi connectivity index (χ2v) is 6.68. The van der Waals surface area contributed by atoms with Crippen LogP contribution >= 0.6 is 0 Å². The average Bonchev–Trinajstić information content (AvgIpc) is 2.76. The summed E-state index contributed by atoms with van der Waals surface area (Å²) in [6.45, 7) is 1.68. The highest BCUT2D eigenvalue weighted by Crippen LogP contribution is 2.19. The molecular weight excluding hydrogens is 364 g/mol. The molecular formula is C24H26N2O3. The molecule has 0 spiro atoms. The van der Waals surface area contributed by atoms with Crippen LogP contribution in [0.5, 0.6) is 5.75 Å². The number of nitrogens with zero attached hydrogens (tertiary/aromatic N) is 1. The Balaban J connectivity index is 1.32. The summed E-state index contributed by atoms with van der Waals surface area (Å²) in [6.07, 6.45) is 5.50. The zero-order valence-corrected chi connectivity index (χ0v) is 16.4. The van der Waals surface area contributed by atoms with Gasteiger partial charge in [0.05, 0.1) is 6.61 Å². The first kappa shape index (κ1) is 20.6. The van der Waals surface area contributed by atoms with Crippen molar-refractivity contribution in [2.75, 3.05) is 18.5 Å². The molecule has 3 aromatic rings. The highest BCUT2D eigenvalue weighted by atomic mass is 16.5.